The maximum Gasteiger partial charge on any atom is 0.416 e. The van der Waals surface area contributed by atoms with E-state index in [1.807, 2.05) is 0 Å². The standard InChI is InChI=1S/C18H10F7N3O2S/c19-13-3-1-2-9(4-13)8-28-15(30)27-31-16(28)26-14(29)10-5-11(17(20,21)22)7-12(6-10)18(23,24)25/h1-7H,8H2,(H,27,30). The minimum absolute atomic E-state index is 0.115. The Morgan fingerprint density at radius 2 is 1.61 bits per heavy atom. The number of nitrogens with one attached hydrogen (secondary N) is 1. The topological polar surface area (TPSA) is 67.2 Å². The van der Waals surface area contributed by atoms with Crippen LogP contribution in [0.25, 0.3) is 0 Å². The number of alkyl halides is 6. The predicted octanol–water partition coefficient (Wildman–Crippen LogP) is 4.20. The molecule has 3 aromatic rings. The highest BCUT2D eigenvalue weighted by molar-refractivity contribution is 7.02. The van der Waals surface area contributed by atoms with Crippen molar-refractivity contribution in [1.82, 2.24) is 8.94 Å². The lowest BCUT2D eigenvalue weighted by molar-refractivity contribution is -0.143. The normalized spacial score (nSPS) is 12.9. The molecule has 0 unspecified atom stereocenters. The van der Waals surface area contributed by atoms with Crippen molar-refractivity contribution in [3.63, 3.8) is 0 Å². The fraction of sp³-hybridized carbons (Fsp3) is 0.167. The molecule has 13 heteroatoms. The number of carbonyl (C=O) groups excluding carboxylic acids is 1. The highest BCUT2D eigenvalue weighted by atomic mass is 32.1. The molecule has 0 spiro atoms. The zero-order chi connectivity index (χ0) is 23.0. The van der Waals surface area contributed by atoms with Crippen LogP contribution in [0.3, 0.4) is 0 Å². The Kier molecular flexibility index (Phi) is 5.89. The summed E-state index contributed by atoms with van der Waals surface area (Å²) in [6.07, 6.45) is -10.3. The van der Waals surface area contributed by atoms with Crippen LogP contribution in [0.15, 0.2) is 52.3 Å². The summed E-state index contributed by atoms with van der Waals surface area (Å²) < 4.78 is 94.4. The van der Waals surface area contributed by atoms with Crippen molar-refractivity contribution in [3.8, 4) is 0 Å². The average molecular weight is 465 g/mol. The molecule has 1 heterocycles. The number of halogens is 7. The van der Waals surface area contributed by atoms with Crippen LogP contribution in [0, 0.1) is 5.82 Å². The largest absolute Gasteiger partial charge is 0.416 e. The molecule has 0 aliphatic rings. The number of nitrogens with zero attached hydrogens (tertiary/aromatic N) is 2. The minimum Gasteiger partial charge on any atom is -0.267 e. The van der Waals surface area contributed by atoms with Gasteiger partial charge in [-0.05, 0) is 47.4 Å². The molecule has 0 fully saturated rings. The molecule has 164 valence electrons. The summed E-state index contributed by atoms with van der Waals surface area (Å²) in [6, 6.07) is 5.48. The van der Waals surface area contributed by atoms with E-state index in [2.05, 4.69) is 9.37 Å². The van der Waals surface area contributed by atoms with Gasteiger partial charge in [0.1, 0.15) is 5.82 Å². The third kappa shape index (κ3) is 5.29. The van der Waals surface area contributed by atoms with Gasteiger partial charge in [-0.2, -0.15) is 31.3 Å². The second-order valence-electron chi connectivity index (χ2n) is 6.22. The Labute approximate surface area is 172 Å². The molecule has 0 aliphatic heterocycles. The Bertz CT molecular complexity index is 1220. The molecule has 2 aromatic carbocycles. The number of amides is 1. The average Bonchev–Trinajstić information content (AvgIpc) is 2.99. The smallest absolute Gasteiger partial charge is 0.267 e. The van der Waals surface area contributed by atoms with E-state index in [9.17, 15) is 40.3 Å². The number of aromatic nitrogens is 2. The van der Waals surface area contributed by atoms with Crippen LogP contribution in [-0.2, 0) is 18.9 Å². The zero-order valence-electron chi connectivity index (χ0n) is 15.0. The van der Waals surface area contributed by atoms with E-state index in [1.54, 1.807) is 0 Å². The summed E-state index contributed by atoms with van der Waals surface area (Å²) in [4.78, 5) is 27.5. The van der Waals surface area contributed by atoms with E-state index in [0.717, 1.165) is 16.7 Å². The Morgan fingerprint density at radius 1 is 1.00 bits per heavy atom. The highest BCUT2D eigenvalue weighted by Gasteiger charge is 2.37. The van der Waals surface area contributed by atoms with Crippen LogP contribution in [-0.4, -0.2) is 14.8 Å². The summed E-state index contributed by atoms with van der Waals surface area (Å²) >= 11 is 0.542. The van der Waals surface area contributed by atoms with Crippen LogP contribution in [0.1, 0.15) is 27.0 Å². The van der Waals surface area contributed by atoms with Crippen LogP contribution < -0.4 is 10.5 Å². The summed E-state index contributed by atoms with van der Waals surface area (Å²) in [5.41, 5.74) is -4.73. The van der Waals surface area contributed by atoms with E-state index in [4.69, 9.17) is 0 Å². The number of aromatic amines is 1. The summed E-state index contributed by atoms with van der Waals surface area (Å²) in [5, 5.41) is 0. The lowest BCUT2D eigenvalue weighted by Gasteiger charge is -2.12. The number of rotatable bonds is 3. The van der Waals surface area contributed by atoms with Gasteiger partial charge in [-0.3, -0.25) is 13.7 Å². The van der Waals surface area contributed by atoms with Crippen molar-refractivity contribution < 1.29 is 35.5 Å². The molecule has 0 aliphatic carbocycles. The van der Waals surface area contributed by atoms with Gasteiger partial charge in [-0.1, -0.05) is 12.1 Å². The molecule has 0 saturated carbocycles. The SMILES string of the molecule is O=C(N=c1s[nH]c(=O)n1Cc1cccc(F)c1)c1cc(C(F)(F)F)cc(C(F)(F)F)c1. The first-order valence-electron chi connectivity index (χ1n) is 8.26. The second kappa shape index (κ2) is 8.13. The molecule has 0 atom stereocenters. The lowest BCUT2D eigenvalue weighted by atomic mass is 10.0. The second-order valence-corrected chi connectivity index (χ2v) is 6.99. The molecular weight excluding hydrogens is 455 g/mol. The molecule has 0 saturated heterocycles. The van der Waals surface area contributed by atoms with Crippen molar-refractivity contribution in [3.05, 3.63) is 85.8 Å². The molecule has 0 radical (unpaired) electrons. The number of hydrogen-bond donors (Lipinski definition) is 1. The minimum atomic E-state index is -5.13. The molecular formula is C18H10F7N3O2S. The summed E-state index contributed by atoms with van der Waals surface area (Å²) in [5.74, 6) is -2.01. The molecule has 3 rings (SSSR count). The van der Waals surface area contributed by atoms with Gasteiger partial charge in [0.2, 0.25) is 4.80 Å². The highest BCUT2D eigenvalue weighted by Crippen LogP contribution is 2.36. The van der Waals surface area contributed by atoms with E-state index in [0.29, 0.717) is 17.1 Å². The van der Waals surface area contributed by atoms with Crippen LogP contribution >= 0.6 is 11.5 Å². The maximum absolute atomic E-state index is 13.3. The number of carbonyl (C=O) groups is 1. The van der Waals surface area contributed by atoms with Crippen molar-refractivity contribution in [2.45, 2.75) is 18.9 Å². The van der Waals surface area contributed by atoms with Gasteiger partial charge in [-0.15, -0.1) is 0 Å². The predicted molar refractivity (Wildman–Crippen MR) is 94.8 cm³/mol. The van der Waals surface area contributed by atoms with Gasteiger partial charge in [0.05, 0.1) is 17.7 Å². The fourth-order valence-corrected chi connectivity index (χ4v) is 3.23. The fourth-order valence-electron chi connectivity index (χ4n) is 2.56. The van der Waals surface area contributed by atoms with Crippen LogP contribution in [0.4, 0.5) is 30.7 Å². The van der Waals surface area contributed by atoms with E-state index < -0.39 is 46.5 Å². The molecule has 1 N–H and O–H groups in total. The van der Waals surface area contributed by atoms with Crippen LogP contribution in [0.5, 0.6) is 0 Å². The first-order chi connectivity index (χ1) is 14.3. The van der Waals surface area contributed by atoms with Gasteiger partial charge in [0.25, 0.3) is 5.91 Å². The quantitative estimate of drug-likeness (QED) is 0.590. The van der Waals surface area contributed by atoms with Crippen molar-refractivity contribution in [1.29, 1.82) is 0 Å². The molecule has 5 nitrogen and oxygen atoms in total. The molecule has 31 heavy (non-hydrogen) atoms. The van der Waals surface area contributed by atoms with Gasteiger partial charge in [-0.25, -0.2) is 9.18 Å². The van der Waals surface area contributed by atoms with Crippen molar-refractivity contribution >= 4 is 17.4 Å². The number of benzene rings is 2. The van der Waals surface area contributed by atoms with Crippen molar-refractivity contribution in [2.75, 3.05) is 0 Å². The Morgan fingerprint density at radius 3 is 2.16 bits per heavy atom. The first kappa shape index (κ1) is 22.5. The van der Waals surface area contributed by atoms with Crippen molar-refractivity contribution in [2.24, 2.45) is 4.99 Å². The monoisotopic (exact) mass is 465 g/mol. The zero-order valence-corrected chi connectivity index (χ0v) is 15.8. The maximum atomic E-state index is 13.3. The molecule has 1 aromatic heterocycles. The van der Waals surface area contributed by atoms with Gasteiger partial charge >= 0.3 is 18.0 Å². The third-order valence-electron chi connectivity index (χ3n) is 3.97. The van der Waals surface area contributed by atoms with Gasteiger partial charge in [0.15, 0.2) is 0 Å². The number of hydrogen-bond acceptors (Lipinski definition) is 3. The lowest BCUT2D eigenvalue weighted by Crippen LogP contribution is -2.28. The Hall–Kier alpha value is -3.22. The van der Waals surface area contributed by atoms with Gasteiger partial charge < -0.3 is 0 Å². The third-order valence-corrected chi connectivity index (χ3v) is 4.74. The Balaban J connectivity index is 2.06. The summed E-state index contributed by atoms with van der Waals surface area (Å²) in [6.45, 7) is -0.237. The van der Waals surface area contributed by atoms with Crippen LogP contribution in [0.2, 0.25) is 0 Å². The number of H-pyrrole nitrogens is 1. The van der Waals surface area contributed by atoms with E-state index in [1.165, 1.54) is 12.1 Å². The molecule has 1 amide bonds. The summed E-state index contributed by atoms with van der Waals surface area (Å²) in [7, 11) is 0. The molecule has 0 bridgehead atoms. The van der Waals surface area contributed by atoms with Gasteiger partial charge in [0, 0.05) is 5.56 Å². The first-order valence-corrected chi connectivity index (χ1v) is 9.07. The van der Waals surface area contributed by atoms with E-state index >= 15 is 0 Å². The van der Waals surface area contributed by atoms with E-state index in [-0.39, 0.29) is 29.5 Å².